The normalized spacial score (nSPS) is 10.5. The van der Waals surface area contributed by atoms with Gasteiger partial charge in [-0.1, -0.05) is 6.07 Å². The van der Waals surface area contributed by atoms with Crippen LogP contribution < -0.4 is 0 Å². The van der Waals surface area contributed by atoms with Crippen molar-refractivity contribution in [3.8, 4) is 11.1 Å². The van der Waals surface area contributed by atoms with Crippen LogP contribution in [0.5, 0.6) is 0 Å². The summed E-state index contributed by atoms with van der Waals surface area (Å²) in [5.41, 5.74) is 2.44. The van der Waals surface area contributed by atoms with Gasteiger partial charge >= 0.3 is 0 Å². The van der Waals surface area contributed by atoms with E-state index in [0.29, 0.717) is 5.56 Å². The molecule has 3 heteroatoms. The van der Waals surface area contributed by atoms with Gasteiger partial charge < -0.3 is 0 Å². The first-order valence-electron chi connectivity index (χ1n) is 4.35. The van der Waals surface area contributed by atoms with Crippen molar-refractivity contribution in [3.63, 3.8) is 0 Å². The predicted octanol–water partition coefficient (Wildman–Crippen LogP) is 3.57. The van der Waals surface area contributed by atoms with Gasteiger partial charge in [-0.3, -0.25) is 4.98 Å². The summed E-state index contributed by atoms with van der Waals surface area (Å²) in [7, 11) is 0. The van der Waals surface area contributed by atoms with Crippen LogP contribution in [0.15, 0.2) is 23.7 Å². The molecule has 0 saturated heterocycles. The molecule has 0 aliphatic rings. The van der Waals surface area contributed by atoms with E-state index in [4.69, 9.17) is 0 Å². The summed E-state index contributed by atoms with van der Waals surface area (Å²) in [5.74, 6) is -0.124. The smallest absolute Gasteiger partial charge is 0.144 e. The lowest BCUT2D eigenvalue weighted by atomic mass is 10.1. The van der Waals surface area contributed by atoms with Gasteiger partial charge in [0, 0.05) is 33.3 Å². The fourth-order valence-electron chi connectivity index (χ4n) is 1.26. The molecule has 1 nitrogen and oxygen atoms in total. The first kappa shape index (κ1) is 9.34. The van der Waals surface area contributed by atoms with Crippen molar-refractivity contribution in [1.82, 2.24) is 4.98 Å². The maximum Gasteiger partial charge on any atom is 0.144 e. The van der Waals surface area contributed by atoms with Crippen molar-refractivity contribution in [2.45, 2.75) is 13.8 Å². The molecule has 0 saturated carbocycles. The van der Waals surface area contributed by atoms with Crippen molar-refractivity contribution < 1.29 is 4.39 Å². The number of halogens is 1. The molecule has 2 heterocycles. The lowest BCUT2D eigenvalue weighted by molar-refractivity contribution is 0.629. The number of rotatable bonds is 1. The highest BCUT2D eigenvalue weighted by Crippen LogP contribution is 2.28. The molecule has 0 aromatic carbocycles. The summed E-state index contributed by atoms with van der Waals surface area (Å²) < 4.78 is 13.5. The highest BCUT2D eigenvalue weighted by atomic mass is 32.1. The monoisotopic (exact) mass is 207 g/mol. The summed E-state index contributed by atoms with van der Waals surface area (Å²) >= 11 is 1.43. The Bertz CT molecular complexity index is 445. The fourth-order valence-corrected chi connectivity index (χ4v) is 2.01. The first-order valence-corrected chi connectivity index (χ1v) is 5.23. The van der Waals surface area contributed by atoms with E-state index in [-0.39, 0.29) is 5.82 Å². The minimum atomic E-state index is -0.124. The lowest BCUT2D eigenvalue weighted by Gasteiger charge is -1.98. The number of aromatic nitrogens is 1. The third kappa shape index (κ3) is 1.55. The second-order valence-electron chi connectivity index (χ2n) is 3.21. The van der Waals surface area contributed by atoms with Crippen LogP contribution in [0.3, 0.4) is 0 Å². The van der Waals surface area contributed by atoms with E-state index in [0.717, 1.165) is 16.1 Å². The Morgan fingerprint density at radius 3 is 2.57 bits per heavy atom. The van der Waals surface area contributed by atoms with Crippen LogP contribution in [-0.2, 0) is 0 Å². The Kier molecular flexibility index (Phi) is 2.33. The van der Waals surface area contributed by atoms with Crippen molar-refractivity contribution >= 4 is 11.3 Å². The van der Waals surface area contributed by atoms with Crippen LogP contribution in [0.2, 0.25) is 0 Å². The largest absolute Gasteiger partial charge is 0.261 e. The Labute approximate surface area is 86.2 Å². The summed E-state index contributed by atoms with van der Waals surface area (Å²) in [6.07, 6.45) is 1.71. The van der Waals surface area contributed by atoms with Crippen molar-refractivity contribution in [3.05, 3.63) is 40.1 Å². The van der Waals surface area contributed by atoms with E-state index in [1.807, 2.05) is 24.4 Å². The maximum absolute atomic E-state index is 13.5. The van der Waals surface area contributed by atoms with Gasteiger partial charge in [0.25, 0.3) is 0 Å². The molecule has 2 aromatic rings. The van der Waals surface area contributed by atoms with Crippen LogP contribution >= 0.6 is 11.3 Å². The number of thiophene rings is 1. The Hall–Kier alpha value is -1.22. The Morgan fingerprint density at radius 2 is 2.07 bits per heavy atom. The highest BCUT2D eigenvalue weighted by Gasteiger charge is 2.09. The summed E-state index contributed by atoms with van der Waals surface area (Å²) in [5, 5.41) is 1.83. The molecule has 0 fully saturated rings. The van der Waals surface area contributed by atoms with E-state index in [1.54, 1.807) is 13.1 Å². The SMILES string of the molecule is Cc1ccc(-c2csc(C)c2F)cn1. The van der Waals surface area contributed by atoms with Gasteiger partial charge in [-0.25, -0.2) is 4.39 Å². The first-order chi connectivity index (χ1) is 6.68. The van der Waals surface area contributed by atoms with Crippen LogP contribution in [0.4, 0.5) is 4.39 Å². The Balaban J connectivity index is 2.49. The van der Waals surface area contributed by atoms with Gasteiger partial charge in [0.2, 0.25) is 0 Å². The van der Waals surface area contributed by atoms with Crippen LogP contribution in [-0.4, -0.2) is 4.98 Å². The van der Waals surface area contributed by atoms with E-state index in [9.17, 15) is 4.39 Å². The van der Waals surface area contributed by atoms with E-state index in [2.05, 4.69) is 4.98 Å². The maximum atomic E-state index is 13.5. The van der Waals surface area contributed by atoms with Crippen LogP contribution in [0.25, 0.3) is 11.1 Å². The molecule has 2 aromatic heterocycles. The fraction of sp³-hybridized carbons (Fsp3) is 0.182. The molecule has 0 bridgehead atoms. The molecule has 0 aliphatic carbocycles. The molecule has 0 radical (unpaired) electrons. The molecular formula is C11H10FNS. The van der Waals surface area contributed by atoms with E-state index in [1.165, 1.54) is 11.3 Å². The quantitative estimate of drug-likeness (QED) is 0.696. The van der Waals surface area contributed by atoms with Gasteiger partial charge in [0.15, 0.2) is 0 Å². The average molecular weight is 207 g/mol. The molecule has 0 N–H and O–H groups in total. The molecule has 72 valence electrons. The minimum Gasteiger partial charge on any atom is -0.261 e. The highest BCUT2D eigenvalue weighted by molar-refractivity contribution is 7.10. The zero-order valence-electron chi connectivity index (χ0n) is 8.04. The summed E-state index contributed by atoms with van der Waals surface area (Å²) in [6, 6.07) is 3.79. The van der Waals surface area contributed by atoms with Crippen molar-refractivity contribution in [1.29, 1.82) is 0 Å². The molecule has 0 amide bonds. The van der Waals surface area contributed by atoms with E-state index >= 15 is 0 Å². The number of nitrogens with zero attached hydrogens (tertiary/aromatic N) is 1. The zero-order chi connectivity index (χ0) is 10.1. The summed E-state index contributed by atoms with van der Waals surface area (Å²) in [6.45, 7) is 3.70. The summed E-state index contributed by atoms with van der Waals surface area (Å²) in [4.78, 5) is 4.87. The second-order valence-corrected chi connectivity index (χ2v) is 4.29. The van der Waals surface area contributed by atoms with Crippen molar-refractivity contribution in [2.24, 2.45) is 0 Å². The molecule has 2 rings (SSSR count). The van der Waals surface area contributed by atoms with E-state index < -0.39 is 0 Å². The van der Waals surface area contributed by atoms with Crippen molar-refractivity contribution in [2.75, 3.05) is 0 Å². The number of hydrogen-bond donors (Lipinski definition) is 0. The third-order valence-corrected chi connectivity index (χ3v) is 3.01. The minimum absolute atomic E-state index is 0.124. The standard InChI is InChI=1S/C11H10FNS/c1-7-3-4-9(5-13-7)10-6-14-8(2)11(10)12/h3-6H,1-2H3. The van der Waals surface area contributed by atoms with Crippen LogP contribution in [0, 0.1) is 19.7 Å². The number of hydrogen-bond acceptors (Lipinski definition) is 2. The van der Waals surface area contributed by atoms with Gasteiger partial charge in [-0.05, 0) is 19.9 Å². The third-order valence-electron chi connectivity index (χ3n) is 2.12. The molecule has 0 aliphatic heterocycles. The lowest BCUT2D eigenvalue weighted by Crippen LogP contribution is -1.83. The topological polar surface area (TPSA) is 12.9 Å². The molecular weight excluding hydrogens is 197 g/mol. The number of aryl methyl sites for hydroxylation is 2. The van der Waals surface area contributed by atoms with Crippen LogP contribution in [0.1, 0.15) is 10.6 Å². The molecule has 0 unspecified atom stereocenters. The zero-order valence-corrected chi connectivity index (χ0v) is 8.86. The van der Waals surface area contributed by atoms with Gasteiger partial charge in [-0.2, -0.15) is 0 Å². The number of pyridine rings is 1. The molecule has 0 spiro atoms. The second kappa shape index (κ2) is 3.50. The molecule has 0 atom stereocenters. The van der Waals surface area contributed by atoms with Gasteiger partial charge in [0.1, 0.15) is 5.82 Å². The Morgan fingerprint density at radius 1 is 1.29 bits per heavy atom. The van der Waals surface area contributed by atoms with Gasteiger partial charge in [-0.15, -0.1) is 11.3 Å². The predicted molar refractivity (Wildman–Crippen MR) is 57.0 cm³/mol. The average Bonchev–Trinajstić information content (AvgIpc) is 2.50. The molecule has 14 heavy (non-hydrogen) atoms. The van der Waals surface area contributed by atoms with Gasteiger partial charge in [0.05, 0.1) is 0 Å².